The average Bonchev–Trinajstić information content (AvgIpc) is 2.87. The second-order valence-electron chi connectivity index (χ2n) is 8.10. The summed E-state index contributed by atoms with van der Waals surface area (Å²) < 4.78 is 10.3. The highest BCUT2D eigenvalue weighted by molar-refractivity contribution is 6.32. The van der Waals surface area contributed by atoms with Crippen molar-refractivity contribution in [2.45, 2.75) is 26.2 Å². The number of carbonyl (C=O) groups excluding carboxylic acids is 1. The normalized spacial score (nSPS) is 13.4. The molecule has 34 heavy (non-hydrogen) atoms. The molecule has 9 heteroatoms. The number of carbonyl (C=O) groups is 1. The third-order valence-electron chi connectivity index (χ3n) is 5.74. The standard InChI is InChI=1S/C25H28ClN5O3/c1-16-15-27-25(30-23(16)28-18-7-9-20(26)22(14-18)33-2)29-17-8-10-21(19(13-17)24(32)34-3)31-11-5-4-6-12-31/h7-10,13-15H,4-6,11-12H2,1-3H3,(H2,27,28,29,30). The first-order valence-electron chi connectivity index (χ1n) is 11.2. The first kappa shape index (κ1) is 23.6. The van der Waals surface area contributed by atoms with Gasteiger partial charge in [0.05, 0.1) is 30.5 Å². The number of hydrogen-bond acceptors (Lipinski definition) is 8. The van der Waals surface area contributed by atoms with Gasteiger partial charge in [0.15, 0.2) is 0 Å². The second-order valence-corrected chi connectivity index (χ2v) is 8.50. The summed E-state index contributed by atoms with van der Waals surface area (Å²) in [5.41, 5.74) is 3.77. The lowest BCUT2D eigenvalue weighted by Gasteiger charge is -2.30. The highest BCUT2D eigenvalue weighted by Gasteiger charge is 2.20. The van der Waals surface area contributed by atoms with E-state index in [0.29, 0.717) is 33.8 Å². The summed E-state index contributed by atoms with van der Waals surface area (Å²) >= 11 is 6.13. The smallest absolute Gasteiger partial charge is 0.340 e. The Kier molecular flexibility index (Phi) is 7.37. The molecule has 0 bridgehead atoms. The molecular weight excluding hydrogens is 454 g/mol. The molecule has 2 heterocycles. The Hall–Kier alpha value is -3.52. The van der Waals surface area contributed by atoms with Gasteiger partial charge in [-0.05, 0) is 56.5 Å². The molecule has 8 nitrogen and oxygen atoms in total. The van der Waals surface area contributed by atoms with Gasteiger partial charge >= 0.3 is 5.97 Å². The van der Waals surface area contributed by atoms with Crippen LogP contribution in [-0.4, -0.2) is 43.2 Å². The summed E-state index contributed by atoms with van der Waals surface area (Å²) in [7, 11) is 2.97. The van der Waals surface area contributed by atoms with E-state index in [4.69, 9.17) is 21.1 Å². The largest absolute Gasteiger partial charge is 0.495 e. The van der Waals surface area contributed by atoms with E-state index >= 15 is 0 Å². The molecule has 0 amide bonds. The predicted octanol–water partition coefficient (Wildman–Crippen LogP) is 5.71. The molecule has 0 unspecified atom stereocenters. The fourth-order valence-corrected chi connectivity index (χ4v) is 4.12. The second kappa shape index (κ2) is 10.6. The van der Waals surface area contributed by atoms with Crippen LogP contribution in [-0.2, 0) is 4.74 Å². The summed E-state index contributed by atoms with van der Waals surface area (Å²) in [5, 5.41) is 7.02. The lowest BCUT2D eigenvalue weighted by atomic mass is 10.1. The topological polar surface area (TPSA) is 88.6 Å². The Labute approximate surface area is 204 Å². The number of piperidine rings is 1. The molecule has 1 aliphatic rings. The van der Waals surface area contributed by atoms with Crippen LogP contribution in [0.4, 0.5) is 28.8 Å². The third-order valence-corrected chi connectivity index (χ3v) is 6.05. The fourth-order valence-electron chi connectivity index (χ4n) is 3.93. The molecule has 0 radical (unpaired) electrons. The third kappa shape index (κ3) is 5.34. The summed E-state index contributed by atoms with van der Waals surface area (Å²) in [6.07, 6.45) is 5.18. The number of halogens is 1. The Morgan fingerprint density at radius 3 is 2.50 bits per heavy atom. The maximum Gasteiger partial charge on any atom is 0.340 e. The van der Waals surface area contributed by atoms with E-state index in [0.717, 1.165) is 42.9 Å². The van der Waals surface area contributed by atoms with Gasteiger partial charge in [-0.25, -0.2) is 9.78 Å². The zero-order valence-corrected chi connectivity index (χ0v) is 20.3. The van der Waals surface area contributed by atoms with Crippen molar-refractivity contribution in [1.29, 1.82) is 0 Å². The van der Waals surface area contributed by atoms with E-state index < -0.39 is 0 Å². The van der Waals surface area contributed by atoms with Crippen molar-refractivity contribution < 1.29 is 14.3 Å². The average molecular weight is 482 g/mol. The van der Waals surface area contributed by atoms with Crippen LogP contribution in [0.25, 0.3) is 0 Å². The Balaban J connectivity index is 1.58. The Morgan fingerprint density at radius 2 is 1.76 bits per heavy atom. The number of nitrogens with zero attached hydrogens (tertiary/aromatic N) is 3. The number of aromatic nitrogens is 2. The van der Waals surface area contributed by atoms with Gasteiger partial charge in [-0.15, -0.1) is 0 Å². The predicted molar refractivity (Wildman–Crippen MR) is 135 cm³/mol. The molecule has 4 rings (SSSR count). The van der Waals surface area contributed by atoms with Crippen LogP contribution in [0.5, 0.6) is 5.75 Å². The van der Waals surface area contributed by atoms with Gasteiger partial charge in [-0.1, -0.05) is 11.6 Å². The van der Waals surface area contributed by atoms with E-state index in [-0.39, 0.29) is 5.97 Å². The van der Waals surface area contributed by atoms with Crippen LogP contribution < -0.4 is 20.3 Å². The van der Waals surface area contributed by atoms with E-state index in [1.54, 1.807) is 31.5 Å². The number of nitrogens with one attached hydrogen (secondary N) is 2. The van der Waals surface area contributed by atoms with E-state index in [1.807, 2.05) is 25.1 Å². The molecule has 3 aromatic rings. The van der Waals surface area contributed by atoms with E-state index in [2.05, 4.69) is 25.5 Å². The van der Waals surface area contributed by atoms with Gasteiger partial charge in [0.25, 0.3) is 0 Å². The van der Waals surface area contributed by atoms with Gasteiger partial charge in [0, 0.05) is 42.3 Å². The SMILES string of the molecule is COC(=O)c1cc(Nc2ncc(C)c(Nc3ccc(Cl)c(OC)c3)n2)ccc1N1CCCCC1. The number of ether oxygens (including phenoxy) is 2. The van der Waals surface area contributed by atoms with Crippen molar-refractivity contribution in [2.75, 3.05) is 42.8 Å². The van der Waals surface area contributed by atoms with Crippen molar-refractivity contribution in [3.05, 3.63) is 58.7 Å². The number of hydrogen-bond donors (Lipinski definition) is 2. The van der Waals surface area contributed by atoms with Crippen LogP contribution in [0.3, 0.4) is 0 Å². The van der Waals surface area contributed by atoms with Crippen molar-refractivity contribution in [1.82, 2.24) is 9.97 Å². The first-order chi connectivity index (χ1) is 16.5. The molecule has 0 aliphatic carbocycles. The zero-order chi connectivity index (χ0) is 24.1. The van der Waals surface area contributed by atoms with Crippen molar-refractivity contribution in [3.63, 3.8) is 0 Å². The fraction of sp³-hybridized carbons (Fsp3) is 0.320. The summed E-state index contributed by atoms with van der Waals surface area (Å²) in [6, 6.07) is 11.1. The van der Waals surface area contributed by atoms with E-state index in [1.165, 1.54) is 13.5 Å². The van der Waals surface area contributed by atoms with Crippen LogP contribution in [0.1, 0.15) is 35.2 Å². The quantitative estimate of drug-likeness (QED) is 0.415. The highest BCUT2D eigenvalue weighted by Crippen LogP contribution is 2.31. The van der Waals surface area contributed by atoms with E-state index in [9.17, 15) is 4.79 Å². The molecule has 1 aromatic heterocycles. The molecule has 178 valence electrons. The monoisotopic (exact) mass is 481 g/mol. The lowest BCUT2D eigenvalue weighted by Crippen LogP contribution is -2.30. The lowest BCUT2D eigenvalue weighted by molar-refractivity contribution is 0.0601. The van der Waals surface area contributed by atoms with Crippen LogP contribution >= 0.6 is 11.6 Å². The number of methoxy groups -OCH3 is 2. The first-order valence-corrected chi connectivity index (χ1v) is 11.5. The van der Waals surface area contributed by atoms with Crippen molar-refractivity contribution in [3.8, 4) is 5.75 Å². The molecule has 0 spiro atoms. The molecule has 1 aliphatic heterocycles. The van der Waals surface area contributed by atoms with Gasteiger partial charge in [0.2, 0.25) is 5.95 Å². The van der Waals surface area contributed by atoms with Crippen LogP contribution in [0.2, 0.25) is 5.02 Å². The number of aryl methyl sites for hydroxylation is 1. The highest BCUT2D eigenvalue weighted by atomic mass is 35.5. The molecule has 0 atom stereocenters. The molecule has 0 saturated carbocycles. The molecule has 1 saturated heterocycles. The van der Waals surface area contributed by atoms with Gasteiger partial charge in [-0.2, -0.15) is 4.98 Å². The van der Waals surface area contributed by atoms with Crippen LogP contribution in [0.15, 0.2) is 42.6 Å². The molecule has 2 aromatic carbocycles. The number of anilines is 5. The summed E-state index contributed by atoms with van der Waals surface area (Å²) in [4.78, 5) is 23.8. The van der Waals surface area contributed by atoms with Gasteiger partial charge in [-0.3, -0.25) is 0 Å². The molecule has 2 N–H and O–H groups in total. The minimum absolute atomic E-state index is 0.368. The minimum Gasteiger partial charge on any atom is -0.495 e. The molecular formula is C25H28ClN5O3. The Morgan fingerprint density at radius 1 is 1.03 bits per heavy atom. The minimum atomic E-state index is -0.368. The van der Waals surface area contributed by atoms with Gasteiger partial charge in [0.1, 0.15) is 11.6 Å². The number of benzene rings is 2. The maximum atomic E-state index is 12.5. The summed E-state index contributed by atoms with van der Waals surface area (Å²) in [5.74, 6) is 1.24. The Bertz CT molecular complexity index is 1180. The summed E-state index contributed by atoms with van der Waals surface area (Å²) in [6.45, 7) is 3.78. The van der Waals surface area contributed by atoms with Crippen molar-refractivity contribution >= 4 is 46.4 Å². The van der Waals surface area contributed by atoms with Crippen LogP contribution in [0, 0.1) is 6.92 Å². The maximum absolute atomic E-state index is 12.5. The number of rotatable bonds is 7. The number of esters is 1. The van der Waals surface area contributed by atoms with Gasteiger partial charge < -0.3 is 25.0 Å². The zero-order valence-electron chi connectivity index (χ0n) is 19.5. The molecule has 1 fully saturated rings. The van der Waals surface area contributed by atoms with Crippen molar-refractivity contribution in [2.24, 2.45) is 0 Å².